The predicted octanol–water partition coefficient (Wildman–Crippen LogP) is 4.58. The molecule has 0 fully saturated rings. The summed E-state index contributed by atoms with van der Waals surface area (Å²) in [4.78, 5) is 26.1. The lowest BCUT2D eigenvalue weighted by Crippen LogP contribution is -2.33. The molecule has 0 radical (unpaired) electrons. The molecular weight excluding hydrogens is 519 g/mol. The van der Waals surface area contributed by atoms with E-state index in [2.05, 4.69) is 15.6 Å². The van der Waals surface area contributed by atoms with Crippen molar-refractivity contribution in [3.63, 3.8) is 0 Å². The summed E-state index contributed by atoms with van der Waals surface area (Å²) in [5.74, 6) is -1.28. The number of ether oxygens (including phenoxy) is 1. The molecule has 0 aliphatic carbocycles. The van der Waals surface area contributed by atoms with Gasteiger partial charge in [0.2, 0.25) is 0 Å². The van der Waals surface area contributed by atoms with Crippen LogP contribution in [-0.2, 0) is 24.5 Å². The molecule has 2 amide bonds. The Kier molecular flexibility index (Phi) is 8.54. The molecule has 4 rings (SSSR count). The molecule has 2 aromatic heterocycles. The van der Waals surface area contributed by atoms with Crippen LogP contribution in [0.1, 0.15) is 42.5 Å². The molecule has 0 aliphatic heterocycles. The average molecular weight is 544 g/mol. The summed E-state index contributed by atoms with van der Waals surface area (Å²) >= 11 is 1.54. The molecule has 2 aromatic carbocycles. The van der Waals surface area contributed by atoms with Crippen molar-refractivity contribution in [3.8, 4) is 5.69 Å². The topological polar surface area (TPSA) is 98.1 Å². The Morgan fingerprint density at radius 3 is 2.37 bits per heavy atom. The monoisotopic (exact) mass is 543 g/mol. The van der Waals surface area contributed by atoms with Crippen molar-refractivity contribution >= 4 is 23.2 Å². The van der Waals surface area contributed by atoms with Gasteiger partial charge in [-0.15, -0.1) is 16.4 Å². The highest BCUT2D eigenvalue weighted by Gasteiger charge is 2.28. The average Bonchev–Trinajstić information content (AvgIpc) is 3.52. The molecule has 198 valence electrons. The second-order valence-corrected chi connectivity index (χ2v) is 9.33. The Morgan fingerprint density at radius 1 is 0.974 bits per heavy atom. The Balaban J connectivity index is 1.53. The quantitative estimate of drug-likeness (QED) is 0.305. The number of hydrogen-bond donors (Lipinski definition) is 2. The third-order valence-electron chi connectivity index (χ3n) is 5.53. The SMILES string of the molecule is Cc1ccsc1CNC(=O)c1nnn(-c2ccc(C(=O)NCC(F)(F)F)cc2)c1COCc1ccccc1. The molecule has 0 bridgehead atoms. The molecule has 2 N–H and O–H groups in total. The molecule has 12 heteroatoms. The van der Waals surface area contributed by atoms with Crippen molar-refractivity contribution < 1.29 is 27.5 Å². The minimum atomic E-state index is -4.51. The smallest absolute Gasteiger partial charge is 0.370 e. The first-order valence-electron chi connectivity index (χ1n) is 11.5. The van der Waals surface area contributed by atoms with E-state index >= 15 is 0 Å². The van der Waals surface area contributed by atoms with Gasteiger partial charge in [0.1, 0.15) is 12.2 Å². The Bertz CT molecular complexity index is 1390. The van der Waals surface area contributed by atoms with E-state index in [1.54, 1.807) is 0 Å². The van der Waals surface area contributed by atoms with Gasteiger partial charge in [-0.25, -0.2) is 4.68 Å². The molecule has 0 unspecified atom stereocenters. The van der Waals surface area contributed by atoms with E-state index in [9.17, 15) is 22.8 Å². The number of rotatable bonds is 10. The zero-order valence-corrected chi connectivity index (χ0v) is 21.1. The molecule has 0 saturated carbocycles. The van der Waals surface area contributed by atoms with Crippen LogP contribution in [0.15, 0.2) is 66.0 Å². The number of carbonyl (C=O) groups is 2. The molecule has 8 nitrogen and oxygen atoms in total. The first-order valence-corrected chi connectivity index (χ1v) is 12.4. The maximum absolute atomic E-state index is 13.0. The van der Waals surface area contributed by atoms with E-state index in [1.807, 2.05) is 54.0 Å². The summed E-state index contributed by atoms with van der Waals surface area (Å²) in [6.45, 7) is 1.17. The fourth-order valence-corrected chi connectivity index (χ4v) is 4.37. The normalized spacial score (nSPS) is 11.4. The molecule has 38 heavy (non-hydrogen) atoms. The Labute approximate surface area is 220 Å². The summed E-state index contributed by atoms with van der Waals surface area (Å²) in [7, 11) is 0. The number of nitrogens with zero attached hydrogens (tertiary/aromatic N) is 3. The van der Waals surface area contributed by atoms with Crippen LogP contribution < -0.4 is 10.6 Å². The highest BCUT2D eigenvalue weighted by molar-refractivity contribution is 7.10. The summed E-state index contributed by atoms with van der Waals surface area (Å²) in [6.07, 6.45) is -4.51. The lowest BCUT2D eigenvalue weighted by Gasteiger charge is -2.11. The van der Waals surface area contributed by atoms with Crippen LogP contribution in [0.3, 0.4) is 0 Å². The van der Waals surface area contributed by atoms with E-state index in [-0.39, 0.29) is 17.9 Å². The molecule has 0 atom stereocenters. The minimum absolute atomic E-state index is 0.0104. The summed E-state index contributed by atoms with van der Waals surface area (Å²) in [5.41, 5.74) is 2.99. The summed E-state index contributed by atoms with van der Waals surface area (Å²) < 4.78 is 44.5. The van der Waals surface area contributed by atoms with Crippen LogP contribution in [0.5, 0.6) is 0 Å². The van der Waals surface area contributed by atoms with Gasteiger partial charge in [0.05, 0.1) is 25.4 Å². The number of aromatic nitrogens is 3. The van der Waals surface area contributed by atoms with Crippen LogP contribution in [0, 0.1) is 6.92 Å². The lowest BCUT2D eigenvalue weighted by molar-refractivity contribution is -0.123. The van der Waals surface area contributed by atoms with E-state index in [4.69, 9.17) is 4.74 Å². The number of alkyl halides is 3. The van der Waals surface area contributed by atoms with Gasteiger partial charge < -0.3 is 15.4 Å². The van der Waals surface area contributed by atoms with E-state index < -0.39 is 24.5 Å². The van der Waals surface area contributed by atoms with E-state index in [0.717, 1.165) is 16.0 Å². The van der Waals surface area contributed by atoms with Crippen molar-refractivity contribution in [2.75, 3.05) is 6.54 Å². The molecule has 4 aromatic rings. The van der Waals surface area contributed by atoms with Crippen molar-refractivity contribution in [1.29, 1.82) is 0 Å². The van der Waals surface area contributed by atoms with Gasteiger partial charge >= 0.3 is 6.18 Å². The number of hydrogen-bond acceptors (Lipinski definition) is 6. The Hall–Kier alpha value is -4.03. The molecule has 0 spiro atoms. The molecule has 0 saturated heterocycles. The van der Waals surface area contributed by atoms with Gasteiger partial charge in [0, 0.05) is 10.4 Å². The number of benzene rings is 2. The number of aryl methyl sites for hydroxylation is 1. The first kappa shape index (κ1) is 27.0. The van der Waals surface area contributed by atoms with E-state index in [1.165, 1.54) is 40.3 Å². The zero-order chi connectivity index (χ0) is 27.1. The van der Waals surface area contributed by atoms with Crippen LogP contribution >= 0.6 is 11.3 Å². The highest BCUT2D eigenvalue weighted by atomic mass is 32.1. The number of amides is 2. The summed E-state index contributed by atoms with van der Waals surface area (Å²) in [5, 5.41) is 14.8. The van der Waals surface area contributed by atoms with Crippen molar-refractivity contribution in [3.05, 3.63) is 99.0 Å². The number of nitrogens with one attached hydrogen (secondary N) is 2. The number of halogens is 3. The minimum Gasteiger partial charge on any atom is -0.370 e. The standard InChI is InChI=1S/C26H24F3N5O3S/c1-17-11-12-38-22(17)13-30-25(36)23-21(15-37-14-18-5-3-2-4-6-18)34(33-32-23)20-9-7-19(8-10-20)24(35)31-16-26(27,28)29/h2-12H,13-16H2,1H3,(H,30,36)(H,31,35). The van der Waals surface area contributed by atoms with Crippen LogP contribution in [0.25, 0.3) is 5.69 Å². The fourth-order valence-electron chi connectivity index (χ4n) is 3.52. The van der Waals surface area contributed by atoms with Gasteiger partial charge in [-0.3, -0.25) is 9.59 Å². The summed E-state index contributed by atoms with van der Waals surface area (Å²) in [6, 6.07) is 17.2. The fraction of sp³-hybridized carbons (Fsp3) is 0.231. The largest absolute Gasteiger partial charge is 0.405 e. The predicted molar refractivity (Wildman–Crippen MR) is 135 cm³/mol. The van der Waals surface area contributed by atoms with Crippen molar-refractivity contribution in [2.24, 2.45) is 0 Å². The van der Waals surface area contributed by atoms with Crippen LogP contribution in [0.2, 0.25) is 0 Å². The van der Waals surface area contributed by atoms with Crippen LogP contribution in [-0.4, -0.2) is 39.5 Å². The second kappa shape index (κ2) is 12.0. The van der Waals surface area contributed by atoms with Gasteiger partial charge in [0.25, 0.3) is 11.8 Å². The van der Waals surface area contributed by atoms with Gasteiger partial charge in [-0.1, -0.05) is 35.5 Å². The second-order valence-electron chi connectivity index (χ2n) is 8.33. The molecule has 2 heterocycles. The third-order valence-corrected chi connectivity index (χ3v) is 6.55. The number of thiophene rings is 1. The maximum Gasteiger partial charge on any atom is 0.405 e. The van der Waals surface area contributed by atoms with Crippen molar-refractivity contribution in [2.45, 2.75) is 32.9 Å². The van der Waals surface area contributed by atoms with Crippen molar-refractivity contribution in [1.82, 2.24) is 25.6 Å². The molecule has 0 aliphatic rings. The van der Waals surface area contributed by atoms with Crippen LogP contribution in [0.4, 0.5) is 13.2 Å². The number of carbonyl (C=O) groups excluding carboxylic acids is 2. The highest BCUT2D eigenvalue weighted by Crippen LogP contribution is 2.19. The first-order chi connectivity index (χ1) is 18.2. The van der Waals surface area contributed by atoms with E-state index in [0.29, 0.717) is 24.5 Å². The maximum atomic E-state index is 13.0. The Morgan fingerprint density at radius 2 is 1.71 bits per heavy atom. The van der Waals surface area contributed by atoms with Gasteiger partial charge in [-0.05, 0) is 53.8 Å². The third kappa shape index (κ3) is 7.05. The van der Waals surface area contributed by atoms with Gasteiger partial charge in [0.15, 0.2) is 5.69 Å². The molecular formula is C26H24F3N5O3S. The lowest BCUT2D eigenvalue weighted by atomic mass is 10.2. The zero-order valence-electron chi connectivity index (χ0n) is 20.3. The van der Waals surface area contributed by atoms with Gasteiger partial charge in [-0.2, -0.15) is 13.2 Å².